The monoisotopic (exact) mass is 465 g/mol. The fraction of sp³-hybridized carbons (Fsp3) is 0.130. The van der Waals surface area contributed by atoms with Crippen LogP contribution in [0.3, 0.4) is 0 Å². The van der Waals surface area contributed by atoms with E-state index in [9.17, 15) is 0 Å². The van der Waals surface area contributed by atoms with E-state index < -0.39 is 0 Å². The maximum Gasteiger partial charge on any atom is 0.196 e. The molecule has 0 atom stereocenters. The minimum atomic E-state index is 0.648. The van der Waals surface area contributed by atoms with Gasteiger partial charge in [0.25, 0.3) is 0 Å². The Morgan fingerprint density at radius 2 is 1.62 bits per heavy atom. The molecule has 1 heterocycles. The van der Waals surface area contributed by atoms with Crippen LogP contribution in [0.25, 0.3) is 17.1 Å². The molecule has 0 aliphatic heterocycles. The quantitative estimate of drug-likeness (QED) is 0.296. The lowest BCUT2D eigenvalue weighted by Crippen LogP contribution is -2.00. The van der Waals surface area contributed by atoms with Crippen LogP contribution >= 0.6 is 27.7 Å². The Kier molecular flexibility index (Phi) is 6.32. The van der Waals surface area contributed by atoms with Crippen LogP contribution in [0.15, 0.2) is 88.5 Å². The fourth-order valence-corrected chi connectivity index (χ4v) is 4.13. The van der Waals surface area contributed by atoms with Crippen LogP contribution in [0, 0.1) is 0 Å². The van der Waals surface area contributed by atoms with Crippen molar-refractivity contribution >= 4 is 27.7 Å². The van der Waals surface area contributed by atoms with Crippen molar-refractivity contribution in [3.63, 3.8) is 0 Å². The van der Waals surface area contributed by atoms with Crippen LogP contribution in [0.5, 0.6) is 5.75 Å². The number of halogens is 1. The third-order valence-corrected chi connectivity index (χ3v) is 5.88. The smallest absolute Gasteiger partial charge is 0.196 e. The molecule has 0 amide bonds. The summed E-state index contributed by atoms with van der Waals surface area (Å²) in [6, 6.07) is 26.6. The van der Waals surface area contributed by atoms with Gasteiger partial charge in [-0.2, -0.15) is 0 Å². The zero-order valence-corrected chi connectivity index (χ0v) is 18.4. The summed E-state index contributed by atoms with van der Waals surface area (Å²) in [6.45, 7) is 2.63. The van der Waals surface area contributed by atoms with Gasteiger partial charge >= 0.3 is 0 Å². The van der Waals surface area contributed by atoms with Gasteiger partial charge in [0.15, 0.2) is 11.0 Å². The van der Waals surface area contributed by atoms with Gasteiger partial charge in [-0.05, 0) is 48.9 Å². The molecular weight excluding hydrogens is 446 g/mol. The Labute approximate surface area is 183 Å². The summed E-state index contributed by atoms with van der Waals surface area (Å²) < 4.78 is 8.77. The van der Waals surface area contributed by atoms with Crippen molar-refractivity contribution in [2.75, 3.05) is 6.61 Å². The van der Waals surface area contributed by atoms with E-state index in [1.807, 2.05) is 49.4 Å². The van der Waals surface area contributed by atoms with E-state index in [1.54, 1.807) is 11.8 Å². The molecule has 4 nitrogen and oxygen atoms in total. The predicted molar refractivity (Wildman–Crippen MR) is 122 cm³/mol. The summed E-state index contributed by atoms with van der Waals surface area (Å²) in [5.74, 6) is 2.50. The van der Waals surface area contributed by atoms with Gasteiger partial charge in [0, 0.05) is 21.5 Å². The SMILES string of the molecule is CCOc1ccc(-n2c(SCc3ccc(Br)cc3)nnc2-c2ccccc2)cc1. The molecule has 0 spiro atoms. The minimum Gasteiger partial charge on any atom is -0.494 e. The molecule has 29 heavy (non-hydrogen) atoms. The van der Waals surface area contributed by atoms with E-state index in [0.717, 1.165) is 38.2 Å². The minimum absolute atomic E-state index is 0.648. The number of ether oxygens (including phenoxy) is 1. The van der Waals surface area contributed by atoms with Crippen molar-refractivity contribution in [1.29, 1.82) is 0 Å². The lowest BCUT2D eigenvalue weighted by Gasteiger charge is -2.11. The Hall–Kier alpha value is -2.57. The maximum absolute atomic E-state index is 5.59. The average molecular weight is 466 g/mol. The standard InChI is InChI=1S/C23H20BrN3OS/c1-2-28-21-14-12-20(13-15-21)27-22(18-6-4-3-5-7-18)25-26-23(27)29-16-17-8-10-19(24)11-9-17/h3-15H,2,16H2,1H3. The summed E-state index contributed by atoms with van der Waals surface area (Å²) in [4.78, 5) is 0. The highest BCUT2D eigenvalue weighted by molar-refractivity contribution is 9.10. The van der Waals surface area contributed by atoms with Crippen molar-refractivity contribution in [2.24, 2.45) is 0 Å². The Balaban J connectivity index is 1.69. The van der Waals surface area contributed by atoms with Crippen molar-refractivity contribution in [2.45, 2.75) is 17.8 Å². The van der Waals surface area contributed by atoms with E-state index in [0.29, 0.717) is 6.61 Å². The first-order valence-electron chi connectivity index (χ1n) is 9.36. The van der Waals surface area contributed by atoms with Crippen LogP contribution in [0.1, 0.15) is 12.5 Å². The van der Waals surface area contributed by atoms with Crippen molar-refractivity contribution in [3.05, 3.63) is 88.9 Å². The topological polar surface area (TPSA) is 39.9 Å². The Morgan fingerprint density at radius 1 is 0.897 bits per heavy atom. The molecule has 1 aromatic heterocycles. The average Bonchev–Trinajstić information content (AvgIpc) is 3.19. The molecule has 3 aromatic carbocycles. The van der Waals surface area contributed by atoms with E-state index in [1.165, 1.54) is 5.56 Å². The van der Waals surface area contributed by atoms with Crippen molar-refractivity contribution in [1.82, 2.24) is 14.8 Å². The van der Waals surface area contributed by atoms with E-state index in [4.69, 9.17) is 4.74 Å². The molecule has 0 fully saturated rings. The lowest BCUT2D eigenvalue weighted by molar-refractivity contribution is 0.340. The van der Waals surface area contributed by atoms with Crippen LogP contribution in [-0.4, -0.2) is 21.4 Å². The number of benzene rings is 3. The van der Waals surface area contributed by atoms with Gasteiger partial charge in [-0.25, -0.2) is 0 Å². The van der Waals surface area contributed by atoms with Crippen molar-refractivity contribution < 1.29 is 4.74 Å². The highest BCUT2D eigenvalue weighted by Gasteiger charge is 2.16. The third kappa shape index (κ3) is 4.71. The summed E-state index contributed by atoms with van der Waals surface area (Å²) in [6.07, 6.45) is 0. The largest absolute Gasteiger partial charge is 0.494 e. The van der Waals surface area contributed by atoms with E-state index >= 15 is 0 Å². The molecule has 0 unspecified atom stereocenters. The highest BCUT2D eigenvalue weighted by Crippen LogP contribution is 2.30. The summed E-state index contributed by atoms with van der Waals surface area (Å²) in [5.41, 5.74) is 3.28. The van der Waals surface area contributed by atoms with Gasteiger partial charge in [0.05, 0.1) is 6.61 Å². The molecular formula is C23H20BrN3OS. The first-order chi connectivity index (χ1) is 14.2. The molecule has 0 saturated heterocycles. The molecule has 4 aromatic rings. The molecule has 6 heteroatoms. The van der Waals surface area contributed by atoms with Gasteiger partial charge in [-0.15, -0.1) is 10.2 Å². The summed E-state index contributed by atoms with van der Waals surface area (Å²) in [5, 5.41) is 9.85. The Bertz CT molecular complexity index is 1060. The summed E-state index contributed by atoms with van der Waals surface area (Å²) in [7, 11) is 0. The molecule has 4 rings (SSSR count). The van der Waals surface area contributed by atoms with Crippen molar-refractivity contribution in [3.8, 4) is 22.8 Å². The van der Waals surface area contributed by atoms with Crippen LogP contribution in [0.4, 0.5) is 0 Å². The van der Waals surface area contributed by atoms with Gasteiger partial charge in [-0.1, -0.05) is 70.2 Å². The van der Waals surface area contributed by atoms with E-state index in [-0.39, 0.29) is 0 Å². The van der Waals surface area contributed by atoms with Gasteiger partial charge in [0.2, 0.25) is 0 Å². The zero-order chi connectivity index (χ0) is 20.1. The van der Waals surface area contributed by atoms with Crippen LogP contribution < -0.4 is 4.74 Å². The second kappa shape index (κ2) is 9.29. The summed E-state index contributed by atoms with van der Waals surface area (Å²) >= 11 is 5.16. The second-order valence-electron chi connectivity index (χ2n) is 6.35. The molecule has 0 radical (unpaired) electrons. The van der Waals surface area contributed by atoms with Gasteiger partial charge in [-0.3, -0.25) is 4.57 Å². The Morgan fingerprint density at radius 3 is 2.31 bits per heavy atom. The van der Waals surface area contributed by atoms with Crippen LogP contribution in [-0.2, 0) is 5.75 Å². The molecule has 0 aliphatic rings. The first-order valence-corrected chi connectivity index (χ1v) is 11.1. The maximum atomic E-state index is 5.59. The molecule has 0 aliphatic carbocycles. The lowest BCUT2D eigenvalue weighted by atomic mass is 10.2. The third-order valence-electron chi connectivity index (χ3n) is 4.35. The zero-order valence-electron chi connectivity index (χ0n) is 16.0. The fourth-order valence-electron chi connectivity index (χ4n) is 2.96. The number of thioether (sulfide) groups is 1. The van der Waals surface area contributed by atoms with Gasteiger partial charge in [0.1, 0.15) is 5.75 Å². The van der Waals surface area contributed by atoms with Crippen LogP contribution in [0.2, 0.25) is 0 Å². The number of aromatic nitrogens is 3. The number of hydrogen-bond acceptors (Lipinski definition) is 4. The normalized spacial score (nSPS) is 10.8. The van der Waals surface area contributed by atoms with E-state index in [2.05, 4.69) is 67.1 Å². The predicted octanol–water partition coefficient (Wildman–Crippen LogP) is 6.39. The number of rotatable bonds is 7. The second-order valence-corrected chi connectivity index (χ2v) is 8.21. The molecule has 0 saturated carbocycles. The number of hydrogen-bond donors (Lipinski definition) is 0. The first kappa shape index (κ1) is 19.7. The number of nitrogens with zero attached hydrogens (tertiary/aromatic N) is 3. The molecule has 0 bridgehead atoms. The molecule has 146 valence electrons. The molecule has 0 N–H and O–H groups in total. The highest BCUT2D eigenvalue weighted by atomic mass is 79.9. The van der Waals surface area contributed by atoms with Gasteiger partial charge < -0.3 is 4.74 Å².